The van der Waals surface area contributed by atoms with Crippen LogP contribution in [0.25, 0.3) is 0 Å². The maximum Gasteiger partial charge on any atom is 0.308 e. The molecule has 1 aromatic carbocycles. The number of rotatable bonds is 9. The first-order chi connectivity index (χ1) is 13.5. The lowest BCUT2D eigenvalue weighted by Crippen LogP contribution is -2.57. The molecule has 2 rings (SSSR count). The van der Waals surface area contributed by atoms with Crippen molar-refractivity contribution in [2.75, 3.05) is 19.7 Å². The maximum absolute atomic E-state index is 13.0. The van der Waals surface area contributed by atoms with Crippen molar-refractivity contribution < 1.29 is 23.9 Å². The summed E-state index contributed by atoms with van der Waals surface area (Å²) in [6.45, 7) is 7.07. The summed E-state index contributed by atoms with van der Waals surface area (Å²) in [6.07, 6.45) is 2.27. The predicted molar refractivity (Wildman–Crippen MR) is 105 cm³/mol. The van der Waals surface area contributed by atoms with Crippen LogP contribution in [0.4, 0.5) is 0 Å². The third-order valence-electron chi connectivity index (χ3n) is 4.71. The van der Waals surface area contributed by atoms with Gasteiger partial charge in [0, 0.05) is 18.7 Å². The Balaban J connectivity index is 2.11. The van der Waals surface area contributed by atoms with Crippen LogP contribution in [0.3, 0.4) is 0 Å². The number of unbranched alkanes of at least 4 members (excludes halogenated alkanes) is 1. The van der Waals surface area contributed by atoms with Crippen molar-refractivity contribution in [1.29, 1.82) is 0 Å². The molecular formula is C21H30N2O5. The van der Waals surface area contributed by atoms with Crippen molar-refractivity contribution in [1.82, 2.24) is 10.2 Å². The Morgan fingerprint density at radius 2 is 2.11 bits per heavy atom. The molecule has 2 unspecified atom stereocenters. The summed E-state index contributed by atoms with van der Waals surface area (Å²) in [5, 5.41) is 2.72. The fourth-order valence-corrected chi connectivity index (χ4v) is 2.89. The van der Waals surface area contributed by atoms with Gasteiger partial charge in [0.2, 0.25) is 5.91 Å². The number of esters is 1. The van der Waals surface area contributed by atoms with Crippen LogP contribution in [0.5, 0.6) is 5.75 Å². The van der Waals surface area contributed by atoms with Gasteiger partial charge in [-0.2, -0.15) is 0 Å². The van der Waals surface area contributed by atoms with Gasteiger partial charge in [0.05, 0.1) is 19.1 Å². The second-order valence-corrected chi connectivity index (χ2v) is 6.95. The lowest BCUT2D eigenvalue weighted by Gasteiger charge is -2.34. The van der Waals surface area contributed by atoms with Crippen LogP contribution in [-0.2, 0) is 14.3 Å². The van der Waals surface area contributed by atoms with Crippen LogP contribution in [0, 0.1) is 0 Å². The normalized spacial score (nSPS) is 17.6. The van der Waals surface area contributed by atoms with E-state index in [1.807, 2.05) is 6.92 Å². The van der Waals surface area contributed by atoms with Gasteiger partial charge in [-0.1, -0.05) is 26.3 Å². The molecule has 28 heavy (non-hydrogen) atoms. The Labute approximate surface area is 166 Å². The number of ether oxygens (including phenoxy) is 2. The number of nitrogens with one attached hydrogen (secondary N) is 1. The van der Waals surface area contributed by atoms with E-state index in [9.17, 15) is 14.4 Å². The molecule has 1 aliphatic heterocycles. The monoisotopic (exact) mass is 390 g/mol. The molecule has 1 aliphatic rings. The molecule has 1 saturated heterocycles. The van der Waals surface area contributed by atoms with Crippen LogP contribution in [0.2, 0.25) is 0 Å². The number of carbonyl (C=O) groups is 3. The number of hydrogen-bond donors (Lipinski definition) is 1. The lowest BCUT2D eigenvalue weighted by molar-refractivity contribution is -0.151. The van der Waals surface area contributed by atoms with Crippen LogP contribution in [-0.4, -0.2) is 54.5 Å². The molecule has 154 valence electrons. The summed E-state index contributed by atoms with van der Waals surface area (Å²) in [6, 6.07) is 6.05. The van der Waals surface area contributed by atoms with Crippen molar-refractivity contribution in [2.45, 2.75) is 58.6 Å². The fraction of sp³-hybridized carbons (Fsp3) is 0.571. The van der Waals surface area contributed by atoms with Gasteiger partial charge in [-0.15, -0.1) is 0 Å². The van der Waals surface area contributed by atoms with Gasteiger partial charge in [0.25, 0.3) is 5.91 Å². The van der Waals surface area contributed by atoms with E-state index in [1.54, 1.807) is 31.2 Å². The topological polar surface area (TPSA) is 84.9 Å². The zero-order chi connectivity index (χ0) is 20.5. The SMILES string of the molecule is CCCCOc1cccc(C(=O)N2CCNC(=O)C2CC(=O)OC(C)CC)c1. The van der Waals surface area contributed by atoms with Gasteiger partial charge >= 0.3 is 5.97 Å². The molecular weight excluding hydrogens is 360 g/mol. The molecule has 2 atom stereocenters. The van der Waals surface area contributed by atoms with Crippen LogP contribution < -0.4 is 10.1 Å². The van der Waals surface area contributed by atoms with E-state index in [2.05, 4.69) is 12.2 Å². The van der Waals surface area contributed by atoms with E-state index in [-0.39, 0.29) is 24.3 Å². The van der Waals surface area contributed by atoms with Crippen molar-refractivity contribution in [2.24, 2.45) is 0 Å². The number of piperazine rings is 1. The Morgan fingerprint density at radius 3 is 2.82 bits per heavy atom. The first-order valence-corrected chi connectivity index (χ1v) is 9.97. The quantitative estimate of drug-likeness (QED) is 0.517. The van der Waals surface area contributed by atoms with Gasteiger partial charge in [-0.3, -0.25) is 14.4 Å². The van der Waals surface area contributed by atoms with Gasteiger partial charge in [-0.05, 0) is 38.0 Å². The molecule has 1 N–H and O–H groups in total. The van der Waals surface area contributed by atoms with Gasteiger partial charge < -0.3 is 19.7 Å². The molecule has 0 radical (unpaired) electrons. The highest BCUT2D eigenvalue weighted by atomic mass is 16.5. The number of carbonyl (C=O) groups excluding carboxylic acids is 3. The third kappa shape index (κ3) is 5.97. The number of benzene rings is 1. The Kier molecular flexibility index (Phi) is 8.29. The van der Waals surface area contributed by atoms with Crippen molar-refractivity contribution in [3.63, 3.8) is 0 Å². The summed E-state index contributed by atoms with van der Waals surface area (Å²) < 4.78 is 11.0. The summed E-state index contributed by atoms with van der Waals surface area (Å²) >= 11 is 0. The Bertz CT molecular complexity index is 691. The lowest BCUT2D eigenvalue weighted by atomic mass is 10.1. The molecule has 0 aliphatic carbocycles. The van der Waals surface area contributed by atoms with Gasteiger partial charge in [-0.25, -0.2) is 0 Å². The van der Waals surface area contributed by atoms with Crippen molar-refractivity contribution in [3.8, 4) is 5.75 Å². The average Bonchev–Trinajstić information content (AvgIpc) is 2.69. The first kappa shape index (κ1) is 21.7. The van der Waals surface area contributed by atoms with E-state index in [0.29, 0.717) is 37.4 Å². The molecule has 0 spiro atoms. The first-order valence-electron chi connectivity index (χ1n) is 9.97. The van der Waals surface area contributed by atoms with Crippen LogP contribution >= 0.6 is 0 Å². The van der Waals surface area contributed by atoms with E-state index in [4.69, 9.17) is 9.47 Å². The molecule has 7 nitrogen and oxygen atoms in total. The van der Waals surface area contributed by atoms with E-state index >= 15 is 0 Å². The Hall–Kier alpha value is -2.57. The number of nitrogens with zero attached hydrogens (tertiary/aromatic N) is 1. The summed E-state index contributed by atoms with van der Waals surface area (Å²) in [5.41, 5.74) is 0.434. The maximum atomic E-state index is 13.0. The predicted octanol–water partition coefficient (Wildman–Crippen LogP) is 2.54. The molecule has 2 amide bonds. The van der Waals surface area contributed by atoms with Gasteiger partial charge in [0.15, 0.2) is 0 Å². The van der Waals surface area contributed by atoms with Crippen LogP contribution in [0.1, 0.15) is 56.8 Å². The minimum absolute atomic E-state index is 0.158. The second kappa shape index (κ2) is 10.7. The molecule has 1 heterocycles. The molecule has 0 bridgehead atoms. The highest BCUT2D eigenvalue weighted by Gasteiger charge is 2.35. The van der Waals surface area contributed by atoms with E-state index in [0.717, 1.165) is 12.8 Å². The largest absolute Gasteiger partial charge is 0.494 e. The molecule has 7 heteroatoms. The van der Waals surface area contributed by atoms with Crippen LogP contribution in [0.15, 0.2) is 24.3 Å². The standard InChI is InChI=1S/C21H30N2O5/c1-4-6-12-27-17-9-7-8-16(13-17)21(26)23-11-10-22-20(25)18(23)14-19(24)28-15(3)5-2/h7-9,13,15,18H,4-6,10-12,14H2,1-3H3,(H,22,25). The third-order valence-corrected chi connectivity index (χ3v) is 4.71. The summed E-state index contributed by atoms with van der Waals surface area (Å²) in [4.78, 5) is 39.0. The highest BCUT2D eigenvalue weighted by Crippen LogP contribution is 2.19. The number of hydrogen-bond acceptors (Lipinski definition) is 5. The van der Waals surface area contributed by atoms with E-state index in [1.165, 1.54) is 4.90 Å². The summed E-state index contributed by atoms with van der Waals surface area (Å²) in [7, 11) is 0. The fourth-order valence-electron chi connectivity index (χ4n) is 2.89. The second-order valence-electron chi connectivity index (χ2n) is 6.95. The van der Waals surface area contributed by atoms with Gasteiger partial charge in [0.1, 0.15) is 11.8 Å². The zero-order valence-electron chi connectivity index (χ0n) is 16.9. The minimum Gasteiger partial charge on any atom is -0.494 e. The minimum atomic E-state index is -0.873. The Morgan fingerprint density at radius 1 is 1.32 bits per heavy atom. The van der Waals surface area contributed by atoms with Crippen molar-refractivity contribution in [3.05, 3.63) is 29.8 Å². The highest BCUT2D eigenvalue weighted by molar-refractivity contribution is 5.99. The number of amides is 2. The molecule has 1 aromatic rings. The molecule has 0 saturated carbocycles. The molecule has 1 fully saturated rings. The zero-order valence-corrected chi connectivity index (χ0v) is 16.9. The smallest absolute Gasteiger partial charge is 0.308 e. The summed E-state index contributed by atoms with van der Waals surface area (Å²) in [5.74, 6) is -0.493. The molecule has 0 aromatic heterocycles. The van der Waals surface area contributed by atoms with E-state index < -0.39 is 12.0 Å². The van der Waals surface area contributed by atoms with Crippen molar-refractivity contribution >= 4 is 17.8 Å². The average molecular weight is 390 g/mol.